The van der Waals surface area contributed by atoms with E-state index in [1.807, 2.05) is 6.07 Å². The molecule has 0 N–H and O–H groups in total. The Bertz CT molecular complexity index is 3960. The molecule has 2 nitrogen and oxygen atoms in total. The summed E-state index contributed by atoms with van der Waals surface area (Å²) in [4.78, 5) is 0. The molecule has 0 bridgehead atoms. The number of furan rings is 2. The minimum absolute atomic E-state index is 0.464. The van der Waals surface area contributed by atoms with Gasteiger partial charge in [0.05, 0.1) is 0 Å². The van der Waals surface area contributed by atoms with Crippen LogP contribution >= 0.6 is 0 Å². The third kappa shape index (κ3) is 5.07. The number of benzene rings is 10. The highest BCUT2D eigenvalue weighted by atomic mass is 16.3. The van der Waals surface area contributed by atoms with Crippen LogP contribution in [0.4, 0.5) is 0 Å². The molecule has 10 aromatic carbocycles. The molecule has 294 valence electrons. The number of para-hydroxylation sites is 1. The second-order valence-electron chi connectivity index (χ2n) is 17.6. The summed E-state index contributed by atoms with van der Waals surface area (Å²) in [6, 6.07) is 67.6. The number of fused-ring (bicyclic) bond motifs is 20. The molecular weight excluding hydrogens is 765 g/mol. The van der Waals surface area contributed by atoms with Gasteiger partial charge in [0.2, 0.25) is 0 Å². The lowest BCUT2D eigenvalue weighted by molar-refractivity contribution is 0.513. The minimum Gasteiger partial charge on any atom is -0.460 e. The lowest BCUT2D eigenvalue weighted by Gasteiger charge is -2.26. The standard InChI is InChI=1S/C61H38O2/c1-35-21-25-47-56-32-38(24-28-59(56)63-60(47)29-35)39-18-10-19-49-54-34-52-43-14-5-3-12-41(43)40-11-2-4-13-42(40)51(52)33-53(54)45-26-22-36(30-50(45)44-15-6-7-17-48(44)61(39)49)37-23-27-58-55(31-37)46-16-8-9-20-57(46)62-58/h2-28,30-35H,29H2,1H3. The van der Waals surface area contributed by atoms with Gasteiger partial charge < -0.3 is 8.83 Å². The van der Waals surface area contributed by atoms with Gasteiger partial charge in [0, 0.05) is 28.1 Å². The van der Waals surface area contributed by atoms with E-state index in [1.54, 1.807) is 0 Å². The van der Waals surface area contributed by atoms with Crippen molar-refractivity contribution in [2.24, 2.45) is 5.92 Å². The SMILES string of the molecule is CC1C=Cc2c(oc3ccc(-c4cccc5c4-c4ccccc4-c4cc(-c6ccc7oc8ccccc8c7c6)ccc4-c4cc6c7ccccc7c7ccccc7c6cc4-5)cc23)C1. The Hall–Kier alpha value is -7.94. The molecule has 0 amide bonds. The first-order valence-electron chi connectivity index (χ1n) is 22.0. The summed E-state index contributed by atoms with van der Waals surface area (Å²) in [6.07, 6.45) is 5.50. The fourth-order valence-electron chi connectivity index (χ4n) is 11.0. The summed E-state index contributed by atoms with van der Waals surface area (Å²) in [5.41, 5.74) is 18.5. The average molecular weight is 803 g/mol. The van der Waals surface area contributed by atoms with Crippen molar-refractivity contribution in [1.82, 2.24) is 0 Å². The van der Waals surface area contributed by atoms with E-state index in [9.17, 15) is 0 Å². The molecular formula is C61H38O2. The Morgan fingerprint density at radius 3 is 1.65 bits per heavy atom. The second kappa shape index (κ2) is 13.0. The number of allylic oxidation sites excluding steroid dienone is 1. The van der Waals surface area contributed by atoms with Crippen molar-refractivity contribution >= 4 is 71.3 Å². The van der Waals surface area contributed by atoms with Crippen LogP contribution in [0.15, 0.2) is 197 Å². The highest BCUT2D eigenvalue weighted by Gasteiger charge is 2.27. The summed E-state index contributed by atoms with van der Waals surface area (Å²) >= 11 is 0. The summed E-state index contributed by atoms with van der Waals surface area (Å²) in [5.74, 6) is 1.55. The Balaban J connectivity index is 1.09. The molecule has 2 heterocycles. The molecule has 0 radical (unpaired) electrons. The van der Waals surface area contributed by atoms with Crippen LogP contribution in [0.1, 0.15) is 18.2 Å². The van der Waals surface area contributed by atoms with E-state index in [4.69, 9.17) is 8.83 Å². The first kappa shape index (κ1) is 34.7. The molecule has 2 aliphatic rings. The fourth-order valence-corrected chi connectivity index (χ4v) is 11.0. The molecule has 12 aromatic rings. The van der Waals surface area contributed by atoms with E-state index in [0.29, 0.717) is 5.92 Å². The van der Waals surface area contributed by atoms with E-state index < -0.39 is 0 Å². The third-order valence-corrected chi connectivity index (χ3v) is 14.0. The maximum Gasteiger partial charge on any atom is 0.135 e. The van der Waals surface area contributed by atoms with Gasteiger partial charge in [-0.25, -0.2) is 0 Å². The van der Waals surface area contributed by atoms with Crippen molar-refractivity contribution in [3.05, 3.63) is 199 Å². The van der Waals surface area contributed by atoms with E-state index >= 15 is 0 Å². The van der Waals surface area contributed by atoms with E-state index in [0.717, 1.165) is 45.3 Å². The number of hydrogen-bond donors (Lipinski definition) is 0. The average Bonchev–Trinajstić information content (AvgIpc) is 3.90. The highest BCUT2D eigenvalue weighted by Crippen LogP contribution is 2.53. The van der Waals surface area contributed by atoms with Crippen molar-refractivity contribution in [2.45, 2.75) is 13.3 Å². The van der Waals surface area contributed by atoms with Gasteiger partial charge in [-0.3, -0.25) is 0 Å². The van der Waals surface area contributed by atoms with Gasteiger partial charge in [0.1, 0.15) is 22.5 Å². The predicted octanol–water partition coefficient (Wildman–Crippen LogP) is 17.3. The summed E-state index contributed by atoms with van der Waals surface area (Å²) in [6.45, 7) is 2.25. The van der Waals surface area contributed by atoms with Gasteiger partial charge in [-0.05, 0) is 154 Å². The molecule has 1 atom stereocenters. The molecule has 63 heavy (non-hydrogen) atoms. The van der Waals surface area contributed by atoms with Crippen molar-refractivity contribution in [3.8, 4) is 66.8 Å². The Morgan fingerprint density at radius 2 is 0.873 bits per heavy atom. The molecule has 2 heteroatoms. The summed E-state index contributed by atoms with van der Waals surface area (Å²) in [7, 11) is 0. The van der Waals surface area contributed by atoms with Crippen LogP contribution in [0.5, 0.6) is 0 Å². The molecule has 0 saturated heterocycles. The minimum atomic E-state index is 0.464. The summed E-state index contributed by atoms with van der Waals surface area (Å²) < 4.78 is 12.7. The van der Waals surface area contributed by atoms with Gasteiger partial charge in [0.15, 0.2) is 0 Å². The molecule has 14 rings (SSSR count). The van der Waals surface area contributed by atoms with Gasteiger partial charge in [0.25, 0.3) is 0 Å². The maximum absolute atomic E-state index is 6.48. The van der Waals surface area contributed by atoms with Gasteiger partial charge >= 0.3 is 0 Å². The first-order chi connectivity index (χ1) is 31.1. The molecule has 0 aliphatic heterocycles. The Labute approximate surface area is 364 Å². The summed E-state index contributed by atoms with van der Waals surface area (Å²) in [5, 5.41) is 11.1. The van der Waals surface area contributed by atoms with E-state index in [-0.39, 0.29) is 0 Å². The predicted molar refractivity (Wildman–Crippen MR) is 264 cm³/mol. The Morgan fingerprint density at radius 1 is 0.349 bits per heavy atom. The first-order valence-corrected chi connectivity index (χ1v) is 22.0. The van der Waals surface area contributed by atoms with E-state index in [2.05, 4.69) is 195 Å². The lowest BCUT2D eigenvalue weighted by atomic mass is 9.76. The molecule has 2 aromatic heterocycles. The second-order valence-corrected chi connectivity index (χ2v) is 17.6. The Kier molecular flexibility index (Phi) is 7.19. The molecule has 0 fully saturated rings. The lowest BCUT2D eigenvalue weighted by Crippen LogP contribution is -2.00. The van der Waals surface area contributed by atoms with Gasteiger partial charge in [-0.15, -0.1) is 0 Å². The van der Waals surface area contributed by atoms with Crippen LogP contribution in [0, 0.1) is 5.92 Å². The smallest absolute Gasteiger partial charge is 0.135 e. The zero-order valence-corrected chi connectivity index (χ0v) is 34.6. The molecule has 0 saturated carbocycles. The van der Waals surface area contributed by atoms with Crippen LogP contribution in [0.25, 0.3) is 138 Å². The van der Waals surface area contributed by atoms with E-state index in [1.165, 1.54) is 104 Å². The number of rotatable bonds is 2. The third-order valence-electron chi connectivity index (χ3n) is 14.0. The number of hydrogen-bond acceptors (Lipinski definition) is 2. The van der Waals surface area contributed by atoms with Crippen molar-refractivity contribution in [2.75, 3.05) is 0 Å². The zero-order chi connectivity index (χ0) is 41.3. The van der Waals surface area contributed by atoms with Crippen LogP contribution in [-0.2, 0) is 6.42 Å². The highest BCUT2D eigenvalue weighted by molar-refractivity contribution is 6.27. The monoisotopic (exact) mass is 802 g/mol. The zero-order valence-electron chi connectivity index (χ0n) is 34.6. The van der Waals surface area contributed by atoms with Crippen molar-refractivity contribution < 1.29 is 8.83 Å². The van der Waals surface area contributed by atoms with Crippen LogP contribution in [0.3, 0.4) is 0 Å². The fraction of sp³-hybridized carbons (Fsp3) is 0.0492. The van der Waals surface area contributed by atoms with Crippen molar-refractivity contribution in [3.63, 3.8) is 0 Å². The topological polar surface area (TPSA) is 26.3 Å². The molecule has 0 spiro atoms. The molecule has 1 unspecified atom stereocenters. The van der Waals surface area contributed by atoms with Crippen molar-refractivity contribution in [1.29, 1.82) is 0 Å². The van der Waals surface area contributed by atoms with Crippen LogP contribution in [0.2, 0.25) is 0 Å². The van der Waals surface area contributed by atoms with Gasteiger partial charge in [-0.1, -0.05) is 153 Å². The van der Waals surface area contributed by atoms with Crippen LogP contribution in [-0.4, -0.2) is 0 Å². The maximum atomic E-state index is 6.48. The largest absolute Gasteiger partial charge is 0.460 e. The normalized spacial score (nSPS) is 14.1. The van der Waals surface area contributed by atoms with Gasteiger partial charge in [-0.2, -0.15) is 0 Å². The molecule has 2 aliphatic carbocycles. The van der Waals surface area contributed by atoms with Crippen LogP contribution < -0.4 is 0 Å². The quantitative estimate of drug-likeness (QED) is 0.163.